The maximum absolute atomic E-state index is 13.7. The molecule has 0 saturated heterocycles. The minimum Gasteiger partial charge on any atom is -0.463 e. The van der Waals surface area contributed by atoms with Crippen molar-refractivity contribution in [3.05, 3.63) is 115 Å². The zero-order chi connectivity index (χ0) is 23.8. The van der Waals surface area contributed by atoms with Gasteiger partial charge in [0.2, 0.25) is 0 Å². The van der Waals surface area contributed by atoms with Gasteiger partial charge in [-0.05, 0) is 54.0 Å². The van der Waals surface area contributed by atoms with E-state index in [9.17, 15) is 14.0 Å². The van der Waals surface area contributed by atoms with E-state index in [0.717, 1.165) is 16.3 Å². The molecule has 170 valence electrons. The van der Waals surface area contributed by atoms with Crippen LogP contribution in [0.15, 0.2) is 87.8 Å². The van der Waals surface area contributed by atoms with Crippen LogP contribution in [0.1, 0.15) is 31.0 Å². The summed E-state index contributed by atoms with van der Waals surface area (Å²) in [6, 6.07) is 19.0. The lowest BCUT2D eigenvalue weighted by atomic mass is 9.91. The number of esters is 1. The topological polar surface area (TPSA) is 60.7 Å². The second-order valence-electron chi connectivity index (χ2n) is 7.92. The highest BCUT2D eigenvalue weighted by atomic mass is 32.1. The molecule has 5 nitrogen and oxygen atoms in total. The summed E-state index contributed by atoms with van der Waals surface area (Å²) in [6.45, 7) is 3.73. The number of halogens is 1. The second kappa shape index (κ2) is 8.83. The van der Waals surface area contributed by atoms with E-state index in [2.05, 4.69) is 4.99 Å². The number of ether oxygens (including phenoxy) is 1. The van der Waals surface area contributed by atoms with Crippen molar-refractivity contribution in [1.82, 2.24) is 4.57 Å². The molecule has 0 saturated carbocycles. The van der Waals surface area contributed by atoms with Crippen molar-refractivity contribution in [2.75, 3.05) is 6.61 Å². The Bertz CT molecular complexity index is 1630. The van der Waals surface area contributed by atoms with Gasteiger partial charge in [-0.15, -0.1) is 0 Å². The number of hydrogen-bond acceptors (Lipinski definition) is 5. The highest BCUT2D eigenvalue weighted by Crippen LogP contribution is 2.34. The molecule has 1 aliphatic rings. The average molecular weight is 473 g/mol. The van der Waals surface area contributed by atoms with Gasteiger partial charge >= 0.3 is 5.97 Å². The van der Waals surface area contributed by atoms with Gasteiger partial charge in [0, 0.05) is 0 Å². The first-order valence-electron chi connectivity index (χ1n) is 10.9. The molecule has 4 aromatic rings. The van der Waals surface area contributed by atoms with Crippen LogP contribution in [0.4, 0.5) is 4.39 Å². The van der Waals surface area contributed by atoms with Crippen LogP contribution < -0.4 is 14.9 Å². The Morgan fingerprint density at radius 2 is 1.85 bits per heavy atom. The number of benzene rings is 3. The number of nitrogens with zero attached hydrogens (tertiary/aromatic N) is 2. The highest BCUT2D eigenvalue weighted by Gasteiger charge is 2.34. The Balaban J connectivity index is 1.80. The van der Waals surface area contributed by atoms with Crippen LogP contribution in [0.3, 0.4) is 0 Å². The van der Waals surface area contributed by atoms with Crippen LogP contribution in [-0.4, -0.2) is 17.1 Å². The monoisotopic (exact) mass is 472 g/mol. The predicted molar refractivity (Wildman–Crippen MR) is 131 cm³/mol. The molecular formula is C27H21FN2O3S. The van der Waals surface area contributed by atoms with E-state index >= 15 is 0 Å². The van der Waals surface area contributed by atoms with Crippen LogP contribution in [-0.2, 0) is 9.53 Å². The van der Waals surface area contributed by atoms with Gasteiger partial charge < -0.3 is 4.74 Å². The first-order chi connectivity index (χ1) is 16.5. The van der Waals surface area contributed by atoms with Crippen molar-refractivity contribution in [1.29, 1.82) is 0 Å². The third kappa shape index (κ3) is 3.78. The maximum Gasteiger partial charge on any atom is 0.338 e. The fourth-order valence-corrected chi connectivity index (χ4v) is 5.33. The van der Waals surface area contributed by atoms with Gasteiger partial charge in [-0.25, -0.2) is 14.2 Å². The van der Waals surface area contributed by atoms with Crippen LogP contribution in [0.2, 0.25) is 0 Å². The van der Waals surface area contributed by atoms with Crippen molar-refractivity contribution in [2.45, 2.75) is 19.9 Å². The molecule has 0 spiro atoms. The van der Waals surface area contributed by atoms with Gasteiger partial charge in [0.05, 0.1) is 28.5 Å². The molecule has 2 heterocycles. The largest absolute Gasteiger partial charge is 0.463 e. The first kappa shape index (κ1) is 22.0. The zero-order valence-corrected chi connectivity index (χ0v) is 19.4. The Hall–Kier alpha value is -3.84. The molecule has 34 heavy (non-hydrogen) atoms. The summed E-state index contributed by atoms with van der Waals surface area (Å²) in [4.78, 5) is 31.9. The standard InChI is InChI=1S/C27H21FN2O3S/c1-3-33-26(32)23-16(2)29-27-30(24(23)21-10-6-8-18-7-4-5-9-20(18)21)25(31)22(34-27)15-17-11-13-19(28)14-12-17/h4-15,24H,3H2,1-2H3/b22-15+. The molecule has 7 heteroatoms. The van der Waals surface area contributed by atoms with Crippen LogP contribution in [0, 0.1) is 5.82 Å². The van der Waals surface area contributed by atoms with Crippen molar-refractivity contribution >= 4 is 34.2 Å². The minimum absolute atomic E-state index is 0.215. The van der Waals surface area contributed by atoms with Crippen LogP contribution in [0.5, 0.6) is 0 Å². The molecule has 0 amide bonds. The van der Waals surface area contributed by atoms with Crippen molar-refractivity contribution in [3.8, 4) is 0 Å². The highest BCUT2D eigenvalue weighted by molar-refractivity contribution is 7.07. The molecule has 0 bridgehead atoms. The number of allylic oxidation sites excluding steroid dienone is 1. The van der Waals surface area contributed by atoms with Gasteiger partial charge in [0.25, 0.3) is 5.56 Å². The summed E-state index contributed by atoms with van der Waals surface area (Å²) in [5.74, 6) is -0.834. The second-order valence-corrected chi connectivity index (χ2v) is 8.93. The lowest BCUT2D eigenvalue weighted by Crippen LogP contribution is -2.40. The Labute approximate surface area is 198 Å². The molecule has 0 aliphatic carbocycles. The zero-order valence-electron chi connectivity index (χ0n) is 18.6. The van der Waals surface area contributed by atoms with Gasteiger partial charge in [-0.1, -0.05) is 65.9 Å². The molecule has 1 unspecified atom stereocenters. The Morgan fingerprint density at radius 3 is 2.62 bits per heavy atom. The molecule has 0 radical (unpaired) electrons. The van der Waals surface area contributed by atoms with Crippen molar-refractivity contribution in [2.24, 2.45) is 4.99 Å². The van der Waals surface area contributed by atoms with E-state index in [4.69, 9.17) is 4.74 Å². The number of thiazole rings is 1. The lowest BCUT2D eigenvalue weighted by Gasteiger charge is -2.25. The smallest absolute Gasteiger partial charge is 0.338 e. The summed E-state index contributed by atoms with van der Waals surface area (Å²) in [7, 11) is 0. The average Bonchev–Trinajstić information content (AvgIpc) is 3.13. The van der Waals surface area contributed by atoms with Gasteiger partial charge in [0.15, 0.2) is 4.80 Å². The van der Waals surface area contributed by atoms with E-state index in [1.165, 1.54) is 23.5 Å². The number of carbonyl (C=O) groups excluding carboxylic acids is 1. The Kier molecular flexibility index (Phi) is 5.71. The molecule has 0 fully saturated rings. The molecule has 0 N–H and O–H groups in total. The number of rotatable bonds is 4. The normalized spacial score (nSPS) is 15.9. The molecule has 1 atom stereocenters. The molecule has 1 aliphatic heterocycles. The number of carbonyl (C=O) groups is 1. The third-order valence-corrected chi connectivity index (χ3v) is 6.79. The molecular weight excluding hydrogens is 451 g/mol. The Morgan fingerprint density at radius 1 is 1.12 bits per heavy atom. The van der Waals surface area contributed by atoms with Gasteiger partial charge in [0.1, 0.15) is 5.82 Å². The van der Waals surface area contributed by atoms with Crippen molar-refractivity contribution in [3.63, 3.8) is 0 Å². The summed E-state index contributed by atoms with van der Waals surface area (Å²) in [5.41, 5.74) is 2.13. The fraction of sp³-hybridized carbons (Fsp3) is 0.148. The van der Waals surface area contributed by atoms with Crippen LogP contribution in [0.25, 0.3) is 16.8 Å². The maximum atomic E-state index is 13.7. The minimum atomic E-state index is -0.684. The predicted octanol–water partition coefficient (Wildman–Crippen LogP) is 4.09. The van der Waals surface area contributed by atoms with E-state index in [1.54, 1.807) is 36.6 Å². The first-order valence-corrected chi connectivity index (χ1v) is 11.7. The van der Waals surface area contributed by atoms with Gasteiger partial charge in [-0.2, -0.15) is 0 Å². The van der Waals surface area contributed by atoms with E-state index < -0.39 is 12.0 Å². The van der Waals surface area contributed by atoms with E-state index in [1.807, 2.05) is 42.5 Å². The third-order valence-electron chi connectivity index (χ3n) is 5.80. The van der Waals surface area contributed by atoms with E-state index in [0.29, 0.717) is 26.2 Å². The fourth-order valence-electron chi connectivity index (χ4n) is 4.29. The number of hydrogen-bond donors (Lipinski definition) is 0. The number of aromatic nitrogens is 1. The van der Waals surface area contributed by atoms with Crippen LogP contribution >= 0.6 is 11.3 Å². The van der Waals surface area contributed by atoms with E-state index in [-0.39, 0.29) is 18.0 Å². The lowest BCUT2D eigenvalue weighted by molar-refractivity contribution is -0.139. The summed E-state index contributed by atoms with van der Waals surface area (Å²) >= 11 is 1.24. The SMILES string of the molecule is CCOC(=O)C1=C(C)N=c2s/c(=C/c3ccc(F)cc3)c(=O)n2C1c1cccc2ccccc12. The molecule has 5 rings (SSSR count). The summed E-state index contributed by atoms with van der Waals surface area (Å²) in [6.07, 6.45) is 1.72. The summed E-state index contributed by atoms with van der Waals surface area (Å²) < 4.78 is 20.7. The van der Waals surface area contributed by atoms with Gasteiger partial charge in [-0.3, -0.25) is 9.36 Å². The van der Waals surface area contributed by atoms with Crippen molar-refractivity contribution < 1.29 is 13.9 Å². The quantitative estimate of drug-likeness (QED) is 0.421. The molecule has 1 aromatic heterocycles. The summed E-state index contributed by atoms with van der Waals surface area (Å²) in [5, 5.41) is 1.95. The molecule has 3 aromatic carbocycles. The number of fused-ring (bicyclic) bond motifs is 2.